The Balaban J connectivity index is 1.79. The van der Waals surface area contributed by atoms with Crippen LogP contribution in [0.3, 0.4) is 0 Å². The van der Waals surface area contributed by atoms with Crippen LogP contribution in [-0.4, -0.2) is 37.6 Å². The third-order valence-electron chi connectivity index (χ3n) is 4.09. The molecular weight excluding hydrogens is 332 g/mol. The fourth-order valence-corrected chi connectivity index (χ4v) is 3.84. The van der Waals surface area contributed by atoms with Gasteiger partial charge in [0.25, 0.3) is 0 Å². The molecule has 23 heavy (non-hydrogen) atoms. The maximum atomic E-state index is 5.42. The molecule has 1 aromatic carbocycles. The zero-order valence-electron chi connectivity index (χ0n) is 13.5. The molecule has 8 heteroatoms. The van der Waals surface area contributed by atoms with Crippen LogP contribution in [0.4, 0.5) is 5.13 Å². The number of rotatable bonds is 5. The van der Waals surface area contributed by atoms with E-state index in [-0.39, 0.29) is 0 Å². The Morgan fingerprint density at radius 1 is 1.30 bits per heavy atom. The van der Waals surface area contributed by atoms with E-state index in [2.05, 4.69) is 22.5 Å². The second-order valence-electron chi connectivity index (χ2n) is 5.48. The molecule has 0 spiro atoms. The van der Waals surface area contributed by atoms with Gasteiger partial charge in [0.2, 0.25) is 5.13 Å². The molecule has 2 N–H and O–H groups in total. The molecule has 6 nitrogen and oxygen atoms in total. The van der Waals surface area contributed by atoms with Gasteiger partial charge in [0, 0.05) is 19.0 Å². The molecule has 124 valence electrons. The SMILES string of the molecule is CNc1nn(C[NH+]2CCc3cc(OC)c(OC)cc3C2)c(=S)s1. The Bertz CT molecular complexity index is 756. The molecule has 1 aromatic heterocycles. The van der Waals surface area contributed by atoms with E-state index in [9.17, 15) is 0 Å². The van der Waals surface area contributed by atoms with Crippen LogP contribution < -0.4 is 19.7 Å². The third kappa shape index (κ3) is 3.34. The van der Waals surface area contributed by atoms with Crippen LogP contribution in [0.15, 0.2) is 12.1 Å². The number of fused-ring (bicyclic) bond motifs is 1. The van der Waals surface area contributed by atoms with Gasteiger partial charge in [-0.25, -0.2) is 0 Å². The molecule has 0 fully saturated rings. The lowest BCUT2D eigenvalue weighted by molar-refractivity contribution is -0.938. The normalized spacial score (nSPS) is 16.7. The Morgan fingerprint density at radius 2 is 2.00 bits per heavy atom. The number of hydrogen-bond acceptors (Lipinski definition) is 6. The number of ether oxygens (including phenoxy) is 2. The van der Waals surface area contributed by atoms with Crippen molar-refractivity contribution in [2.75, 3.05) is 33.1 Å². The molecule has 0 amide bonds. The smallest absolute Gasteiger partial charge is 0.204 e. The third-order valence-corrected chi connectivity index (χ3v) is 5.41. The first-order valence-corrected chi connectivity index (χ1v) is 8.70. The molecule has 1 atom stereocenters. The molecular formula is C15H21N4O2S2+. The lowest BCUT2D eigenvalue weighted by Crippen LogP contribution is -3.11. The summed E-state index contributed by atoms with van der Waals surface area (Å²) in [4.78, 5) is 1.44. The summed E-state index contributed by atoms with van der Waals surface area (Å²) in [7, 11) is 5.21. The highest BCUT2D eigenvalue weighted by molar-refractivity contribution is 7.73. The zero-order valence-corrected chi connectivity index (χ0v) is 15.1. The fourth-order valence-electron chi connectivity index (χ4n) is 2.88. The average molecular weight is 353 g/mol. The predicted octanol–water partition coefficient (Wildman–Crippen LogP) is 1.33. The van der Waals surface area contributed by atoms with Crippen LogP contribution in [0.5, 0.6) is 11.5 Å². The molecule has 1 unspecified atom stereocenters. The van der Waals surface area contributed by atoms with Gasteiger partial charge in [-0.3, -0.25) is 0 Å². The Morgan fingerprint density at radius 3 is 2.61 bits per heavy atom. The lowest BCUT2D eigenvalue weighted by Gasteiger charge is -2.26. The van der Waals surface area contributed by atoms with E-state index in [4.69, 9.17) is 21.7 Å². The van der Waals surface area contributed by atoms with Crippen molar-refractivity contribution < 1.29 is 14.4 Å². The lowest BCUT2D eigenvalue weighted by atomic mass is 9.99. The number of aromatic nitrogens is 2. The Labute approximate surface area is 144 Å². The minimum absolute atomic E-state index is 0.783. The number of benzene rings is 1. The summed E-state index contributed by atoms with van der Waals surface area (Å²) in [6, 6.07) is 4.19. The van der Waals surface area contributed by atoms with Crippen molar-refractivity contribution in [1.82, 2.24) is 9.78 Å². The van der Waals surface area contributed by atoms with Crippen LogP contribution in [0.1, 0.15) is 11.1 Å². The number of hydrogen-bond donors (Lipinski definition) is 2. The van der Waals surface area contributed by atoms with Crippen molar-refractivity contribution in [3.63, 3.8) is 0 Å². The number of nitrogens with one attached hydrogen (secondary N) is 2. The first-order valence-electron chi connectivity index (χ1n) is 7.47. The van der Waals surface area contributed by atoms with Gasteiger partial charge in [0.15, 0.2) is 22.1 Å². The zero-order chi connectivity index (χ0) is 16.4. The van der Waals surface area contributed by atoms with Gasteiger partial charge in [-0.05, 0) is 29.9 Å². The van der Waals surface area contributed by atoms with E-state index in [0.29, 0.717) is 0 Å². The van der Waals surface area contributed by atoms with E-state index in [1.54, 1.807) is 14.2 Å². The molecule has 0 aliphatic carbocycles. The summed E-state index contributed by atoms with van der Waals surface area (Å²) in [6.07, 6.45) is 1.02. The predicted molar refractivity (Wildman–Crippen MR) is 93.3 cm³/mol. The molecule has 0 saturated heterocycles. The molecule has 1 aliphatic heterocycles. The van der Waals surface area contributed by atoms with E-state index in [1.807, 2.05) is 11.7 Å². The largest absolute Gasteiger partial charge is 0.493 e. The summed E-state index contributed by atoms with van der Waals surface area (Å²) in [5, 5.41) is 8.40. The van der Waals surface area contributed by atoms with Crippen LogP contribution in [0.25, 0.3) is 0 Å². The molecule has 0 radical (unpaired) electrons. The van der Waals surface area contributed by atoms with Crippen LogP contribution in [0, 0.1) is 3.95 Å². The van der Waals surface area contributed by atoms with Gasteiger partial charge in [0.1, 0.15) is 6.54 Å². The standard InChI is InChI=1S/C15H20N4O2S2/c1-16-14-17-19(15(22)23-14)9-18-5-4-10-6-12(20-2)13(21-3)7-11(10)8-18/h6-7H,4-5,8-9H2,1-3H3,(H,16,17)/p+1. The second kappa shape index (κ2) is 6.86. The van der Waals surface area contributed by atoms with Crippen molar-refractivity contribution in [3.05, 3.63) is 27.2 Å². The van der Waals surface area contributed by atoms with Gasteiger partial charge in [-0.2, -0.15) is 4.68 Å². The van der Waals surface area contributed by atoms with Gasteiger partial charge in [-0.1, -0.05) is 11.3 Å². The average Bonchev–Trinajstić information content (AvgIpc) is 2.93. The van der Waals surface area contributed by atoms with E-state index in [0.717, 1.165) is 46.8 Å². The van der Waals surface area contributed by atoms with Crippen molar-refractivity contribution in [1.29, 1.82) is 0 Å². The maximum Gasteiger partial charge on any atom is 0.204 e. The van der Waals surface area contributed by atoms with E-state index >= 15 is 0 Å². The van der Waals surface area contributed by atoms with Gasteiger partial charge in [-0.15, -0.1) is 5.10 Å². The second-order valence-corrected chi connectivity index (χ2v) is 7.11. The molecule has 3 rings (SSSR count). The topological polar surface area (TPSA) is 52.8 Å². The summed E-state index contributed by atoms with van der Waals surface area (Å²) < 4.78 is 13.5. The molecule has 2 heterocycles. The van der Waals surface area contributed by atoms with Crippen molar-refractivity contribution >= 4 is 28.7 Å². The molecule has 1 aliphatic rings. The molecule has 2 aromatic rings. The number of nitrogens with zero attached hydrogens (tertiary/aromatic N) is 2. The van der Waals surface area contributed by atoms with Gasteiger partial charge >= 0.3 is 0 Å². The Kier molecular flexibility index (Phi) is 4.84. The summed E-state index contributed by atoms with van der Waals surface area (Å²) in [6.45, 7) is 2.77. The highest BCUT2D eigenvalue weighted by atomic mass is 32.1. The highest BCUT2D eigenvalue weighted by Crippen LogP contribution is 2.31. The van der Waals surface area contributed by atoms with E-state index < -0.39 is 0 Å². The number of quaternary nitrogens is 1. The van der Waals surface area contributed by atoms with Crippen LogP contribution in [-0.2, 0) is 19.6 Å². The summed E-state index contributed by atoms with van der Waals surface area (Å²) >= 11 is 6.89. The van der Waals surface area contributed by atoms with Crippen molar-refractivity contribution in [2.45, 2.75) is 19.6 Å². The minimum Gasteiger partial charge on any atom is -0.493 e. The maximum absolute atomic E-state index is 5.42. The first kappa shape index (κ1) is 16.2. The minimum atomic E-state index is 0.783. The highest BCUT2D eigenvalue weighted by Gasteiger charge is 2.23. The van der Waals surface area contributed by atoms with Gasteiger partial charge < -0.3 is 19.7 Å². The van der Waals surface area contributed by atoms with Crippen LogP contribution >= 0.6 is 23.6 Å². The number of methoxy groups -OCH3 is 2. The fraction of sp³-hybridized carbons (Fsp3) is 0.467. The summed E-state index contributed by atoms with van der Waals surface area (Å²) in [5.74, 6) is 1.59. The van der Waals surface area contributed by atoms with Crippen LogP contribution in [0.2, 0.25) is 0 Å². The molecule has 0 saturated carbocycles. The number of anilines is 1. The van der Waals surface area contributed by atoms with Gasteiger partial charge in [0.05, 0.1) is 20.8 Å². The summed E-state index contributed by atoms with van der Waals surface area (Å²) in [5.41, 5.74) is 2.64. The Hall–Kier alpha value is -1.64. The monoisotopic (exact) mass is 353 g/mol. The van der Waals surface area contributed by atoms with E-state index in [1.165, 1.54) is 27.4 Å². The quantitative estimate of drug-likeness (QED) is 0.795. The van der Waals surface area contributed by atoms with Crippen molar-refractivity contribution in [2.24, 2.45) is 0 Å². The van der Waals surface area contributed by atoms with Crippen molar-refractivity contribution in [3.8, 4) is 11.5 Å². The first-order chi connectivity index (χ1) is 11.1. The molecule has 0 bridgehead atoms.